The molecule has 4 rings (SSSR count). The SMILES string of the molecule is Cn1cc(C2CCN(C(=O)CCS(=O)(=O)c3ccc4cc(Cl)ccc4c3)CC2)sc1=NCCO. The van der Waals surface area contributed by atoms with Crippen molar-refractivity contribution < 1.29 is 18.3 Å². The van der Waals surface area contributed by atoms with Crippen molar-refractivity contribution in [3.05, 3.63) is 57.3 Å². The van der Waals surface area contributed by atoms with E-state index in [1.165, 1.54) is 4.88 Å². The first-order chi connectivity index (χ1) is 16.3. The van der Waals surface area contributed by atoms with Crippen molar-refractivity contribution in [1.29, 1.82) is 0 Å². The number of aliphatic hydroxyl groups is 1. The molecule has 34 heavy (non-hydrogen) atoms. The number of halogens is 1. The van der Waals surface area contributed by atoms with Crippen molar-refractivity contribution in [2.45, 2.75) is 30.1 Å². The van der Waals surface area contributed by atoms with Gasteiger partial charge in [0.2, 0.25) is 5.91 Å². The van der Waals surface area contributed by atoms with Crippen LogP contribution in [0, 0.1) is 0 Å². The zero-order chi connectivity index (χ0) is 24.3. The van der Waals surface area contributed by atoms with Gasteiger partial charge in [-0.3, -0.25) is 9.79 Å². The van der Waals surface area contributed by atoms with Gasteiger partial charge in [0.15, 0.2) is 14.6 Å². The summed E-state index contributed by atoms with van der Waals surface area (Å²) in [5.41, 5.74) is 0. The number of aryl methyl sites for hydroxylation is 1. The van der Waals surface area contributed by atoms with Gasteiger partial charge in [-0.05, 0) is 53.8 Å². The lowest BCUT2D eigenvalue weighted by Crippen LogP contribution is -2.38. The number of likely N-dealkylation sites (tertiary alicyclic amines) is 1. The van der Waals surface area contributed by atoms with Gasteiger partial charge in [0.05, 0.1) is 23.8 Å². The normalized spacial score (nSPS) is 15.9. The molecule has 1 N–H and O–H groups in total. The highest BCUT2D eigenvalue weighted by Gasteiger charge is 2.26. The average molecular weight is 522 g/mol. The molecule has 1 saturated heterocycles. The summed E-state index contributed by atoms with van der Waals surface area (Å²) < 4.78 is 27.7. The molecule has 0 saturated carbocycles. The topological polar surface area (TPSA) is 92.0 Å². The Bertz CT molecular complexity index is 1360. The Kier molecular flexibility index (Phi) is 7.77. The van der Waals surface area contributed by atoms with Gasteiger partial charge in [-0.1, -0.05) is 23.7 Å². The van der Waals surface area contributed by atoms with Crippen molar-refractivity contribution >= 4 is 49.5 Å². The van der Waals surface area contributed by atoms with Crippen molar-refractivity contribution in [2.75, 3.05) is 32.0 Å². The average Bonchev–Trinajstić information content (AvgIpc) is 3.21. The summed E-state index contributed by atoms with van der Waals surface area (Å²) in [4.78, 5) is 21.2. The van der Waals surface area contributed by atoms with Crippen molar-refractivity contribution in [3.63, 3.8) is 0 Å². The lowest BCUT2D eigenvalue weighted by atomic mass is 9.95. The molecule has 0 bridgehead atoms. The maximum Gasteiger partial charge on any atom is 0.223 e. The Morgan fingerprint density at radius 1 is 1.18 bits per heavy atom. The maximum atomic E-state index is 12.9. The van der Waals surface area contributed by atoms with Crippen LogP contribution in [0.4, 0.5) is 0 Å². The van der Waals surface area contributed by atoms with E-state index in [4.69, 9.17) is 16.7 Å². The number of benzene rings is 2. The number of hydrogen-bond acceptors (Lipinski definition) is 6. The number of carbonyl (C=O) groups is 1. The van der Waals surface area contributed by atoms with E-state index in [1.807, 2.05) is 11.6 Å². The monoisotopic (exact) mass is 521 g/mol. The van der Waals surface area contributed by atoms with Gasteiger partial charge in [0, 0.05) is 42.7 Å². The number of rotatable bonds is 7. The molecule has 10 heteroatoms. The Morgan fingerprint density at radius 3 is 2.62 bits per heavy atom. The molecular weight excluding hydrogens is 494 g/mol. The zero-order valence-electron chi connectivity index (χ0n) is 19.0. The van der Waals surface area contributed by atoms with E-state index in [0.29, 0.717) is 30.6 Å². The number of piperidine rings is 1. The number of fused-ring (bicyclic) bond motifs is 1. The number of aromatic nitrogens is 1. The number of hydrogen-bond donors (Lipinski definition) is 1. The summed E-state index contributed by atoms with van der Waals surface area (Å²) in [6.45, 7) is 1.65. The molecule has 0 radical (unpaired) electrons. The summed E-state index contributed by atoms with van der Waals surface area (Å²) in [5.74, 6) is 0.0274. The standard InChI is InChI=1S/C24H28ClN3O4S2/c1-27-16-22(33-24(27)26-9-12-29)17-6-10-28(11-7-17)23(30)8-13-34(31,32)21-5-3-18-14-20(25)4-2-19(18)15-21/h2-5,14-17,29H,6-13H2,1H3. The quantitative estimate of drug-likeness (QED) is 0.516. The molecule has 1 fully saturated rings. The second-order valence-corrected chi connectivity index (χ2v) is 12.1. The third-order valence-electron chi connectivity index (χ3n) is 6.15. The molecule has 2 heterocycles. The van der Waals surface area contributed by atoms with E-state index >= 15 is 0 Å². The molecule has 0 aliphatic carbocycles. The first kappa shape index (κ1) is 24.9. The second-order valence-electron chi connectivity index (χ2n) is 8.51. The number of amides is 1. The molecule has 0 spiro atoms. The van der Waals surface area contributed by atoms with Gasteiger partial charge in [-0.25, -0.2) is 8.42 Å². The third-order valence-corrected chi connectivity index (χ3v) is 9.37. The highest BCUT2D eigenvalue weighted by atomic mass is 35.5. The van der Waals surface area contributed by atoms with Gasteiger partial charge >= 0.3 is 0 Å². The van der Waals surface area contributed by atoms with Crippen LogP contribution in [0.5, 0.6) is 0 Å². The summed E-state index contributed by atoms with van der Waals surface area (Å²) in [5, 5.41) is 11.3. The molecule has 1 amide bonds. The number of thiazole rings is 1. The van der Waals surface area contributed by atoms with Crippen molar-refractivity contribution in [3.8, 4) is 0 Å². The zero-order valence-corrected chi connectivity index (χ0v) is 21.4. The van der Waals surface area contributed by atoms with Crippen LogP contribution < -0.4 is 4.80 Å². The Hall–Kier alpha value is -2.20. The molecule has 1 aromatic heterocycles. The molecule has 1 aliphatic rings. The largest absolute Gasteiger partial charge is 0.394 e. The van der Waals surface area contributed by atoms with E-state index in [0.717, 1.165) is 28.4 Å². The molecule has 0 atom stereocenters. The fraction of sp³-hybridized carbons (Fsp3) is 0.417. The van der Waals surface area contributed by atoms with Crippen molar-refractivity contribution in [1.82, 2.24) is 9.47 Å². The number of sulfone groups is 1. The van der Waals surface area contributed by atoms with Crippen LogP contribution in [0.3, 0.4) is 0 Å². The van der Waals surface area contributed by atoms with E-state index in [2.05, 4.69) is 11.2 Å². The third kappa shape index (κ3) is 5.71. The molecule has 1 aliphatic heterocycles. The predicted molar refractivity (Wildman–Crippen MR) is 135 cm³/mol. The molecule has 7 nitrogen and oxygen atoms in total. The van der Waals surface area contributed by atoms with Crippen molar-refractivity contribution in [2.24, 2.45) is 12.0 Å². The summed E-state index contributed by atoms with van der Waals surface area (Å²) in [6, 6.07) is 10.3. The Morgan fingerprint density at radius 2 is 1.88 bits per heavy atom. The van der Waals surface area contributed by atoms with Crippen LogP contribution in [0.2, 0.25) is 5.02 Å². The Balaban J connectivity index is 1.34. The number of carbonyl (C=O) groups excluding carboxylic acids is 1. The minimum atomic E-state index is -3.57. The van der Waals surface area contributed by atoms with Gasteiger partial charge < -0.3 is 14.6 Å². The minimum absolute atomic E-state index is 0.0240. The smallest absolute Gasteiger partial charge is 0.223 e. The highest BCUT2D eigenvalue weighted by molar-refractivity contribution is 7.91. The molecule has 2 aromatic carbocycles. The minimum Gasteiger partial charge on any atom is -0.394 e. The molecule has 3 aromatic rings. The van der Waals surface area contributed by atoms with Crippen LogP contribution >= 0.6 is 22.9 Å². The number of aliphatic hydroxyl groups excluding tert-OH is 1. The van der Waals surface area contributed by atoms with Gasteiger partial charge in [0.1, 0.15) is 0 Å². The number of nitrogens with zero attached hydrogens (tertiary/aromatic N) is 3. The van der Waals surface area contributed by atoms with Gasteiger partial charge in [-0.15, -0.1) is 11.3 Å². The molecule has 182 valence electrons. The van der Waals surface area contributed by atoms with E-state index in [-0.39, 0.29) is 29.6 Å². The van der Waals surface area contributed by atoms with Gasteiger partial charge in [-0.2, -0.15) is 0 Å². The lowest BCUT2D eigenvalue weighted by molar-refractivity contribution is -0.131. The van der Waals surface area contributed by atoms with E-state index in [9.17, 15) is 13.2 Å². The summed E-state index contributed by atoms with van der Waals surface area (Å²) >= 11 is 7.63. The second kappa shape index (κ2) is 10.6. The van der Waals surface area contributed by atoms with E-state index < -0.39 is 9.84 Å². The van der Waals surface area contributed by atoms with Gasteiger partial charge in [0.25, 0.3) is 0 Å². The first-order valence-electron chi connectivity index (χ1n) is 11.2. The molecule has 0 unspecified atom stereocenters. The van der Waals surface area contributed by atoms with Crippen LogP contribution in [-0.4, -0.2) is 60.9 Å². The molecular formula is C24H28ClN3O4S2. The summed E-state index contributed by atoms with van der Waals surface area (Å²) in [7, 11) is -1.62. The van der Waals surface area contributed by atoms with Crippen LogP contribution in [0.15, 0.2) is 52.5 Å². The Labute approximate surface area is 208 Å². The van der Waals surface area contributed by atoms with Crippen LogP contribution in [-0.2, 0) is 21.7 Å². The lowest BCUT2D eigenvalue weighted by Gasteiger charge is -2.31. The van der Waals surface area contributed by atoms with Crippen LogP contribution in [0.1, 0.15) is 30.1 Å². The van der Waals surface area contributed by atoms with Crippen LogP contribution in [0.25, 0.3) is 10.8 Å². The van der Waals surface area contributed by atoms with E-state index in [1.54, 1.807) is 52.6 Å². The highest BCUT2D eigenvalue weighted by Crippen LogP contribution is 2.30. The fourth-order valence-corrected chi connectivity index (χ4v) is 6.85. The fourth-order valence-electron chi connectivity index (χ4n) is 4.23. The predicted octanol–water partition coefficient (Wildman–Crippen LogP) is 3.36. The maximum absolute atomic E-state index is 12.9. The summed E-state index contributed by atoms with van der Waals surface area (Å²) in [6.07, 6.45) is 3.73. The first-order valence-corrected chi connectivity index (χ1v) is 14.1.